The van der Waals surface area contributed by atoms with Gasteiger partial charge in [0.2, 0.25) is 0 Å². The molecule has 2 aliphatic carbocycles. The monoisotopic (exact) mass is 258 g/mol. The van der Waals surface area contributed by atoms with E-state index < -0.39 is 5.79 Å². The first kappa shape index (κ1) is 13.0. The van der Waals surface area contributed by atoms with Gasteiger partial charge in [0.25, 0.3) is 0 Å². The fraction of sp³-hybridized carbons (Fsp3) is 0.647. The van der Waals surface area contributed by atoms with Gasteiger partial charge in [-0.15, -0.1) is 12.3 Å². The predicted octanol–water partition coefficient (Wildman–Crippen LogP) is 3.30. The minimum absolute atomic E-state index is 0.0333. The Balaban J connectivity index is 1.72. The number of allylic oxidation sites excluding steroid dienone is 4. The first-order valence-corrected chi connectivity index (χ1v) is 7.12. The summed E-state index contributed by atoms with van der Waals surface area (Å²) in [5.74, 6) is 3.64. The molecular formula is C17H22O2. The maximum Gasteiger partial charge on any atom is 0.162 e. The van der Waals surface area contributed by atoms with Crippen molar-refractivity contribution in [3.8, 4) is 12.3 Å². The van der Waals surface area contributed by atoms with E-state index >= 15 is 0 Å². The lowest BCUT2D eigenvalue weighted by Gasteiger charge is -2.43. The number of terminal acetylenes is 1. The van der Waals surface area contributed by atoms with Gasteiger partial charge >= 0.3 is 0 Å². The zero-order valence-corrected chi connectivity index (χ0v) is 11.8. The van der Waals surface area contributed by atoms with Crippen LogP contribution in [0.2, 0.25) is 0 Å². The van der Waals surface area contributed by atoms with E-state index in [1.165, 1.54) is 12.0 Å². The Kier molecular flexibility index (Phi) is 3.08. The van der Waals surface area contributed by atoms with Gasteiger partial charge in [0, 0.05) is 11.8 Å². The molecule has 3 rings (SSSR count). The molecule has 19 heavy (non-hydrogen) atoms. The van der Waals surface area contributed by atoms with Crippen molar-refractivity contribution < 1.29 is 9.47 Å². The Labute approximate surface area is 115 Å². The molecule has 102 valence electrons. The lowest BCUT2D eigenvalue weighted by atomic mass is 9.77. The van der Waals surface area contributed by atoms with Crippen molar-refractivity contribution in [2.24, 2.45) is 17.3 Å². The summed E-state index contributed by atoms with van der Waals surface area (Å²) >= 11 is 0. The summed E-state index contributed by atoms with van der Waals surface area (Å²) in [6.45, 7) is 5.32. The highest BCUT2D eigenvalue weighted by Gasteiger charge is 2.42. The van der Waals surface area contributed by atoms with Crippen LogP contribution in [0.15, 0.2) is 23.8 Å². The molecule has 1 saturated heterocycles. The highest BCUT2D eigenvalue weighted by Crippen LogP contribution is 2.46. The van der Waals surface area contributed by atoms with Gasteiger partial charge in [-0.2, -0.15) is 0 Å². The van der Waals surface area contributed by atoms with Crippen molar-refractivity contribution >= 4 is 0 Å². The topological polar surface area (TPSA) is 18.5 Å². The van der Waals surface area contributed by atoms with Gasteiger partial charge in [-0.3, -0.25) is 0 Å². The third-order valence-corrected chi connectivity index (χ3v) is 4.53. The minimum Gasteiger partial charge on any atom is -0.350 e. The highest BCUT2D eigenvalue weighted by atomic mass is 16.7. The molecule has 0 spiro atoms. The maximum absolute atomic E-state index is 5.86. The lowest BCUT2D eigenvalue weighted by molar-refractivity contribution is -0.284. The van der Waals surface area contributed by atoms with E-state index in [0.29, 0.717) is 25.0 Å². The predicted molar refractivity (Wildman–Crippen MR) is 75.3 cm³/mol. The quantitative estimate of drug-likeness (QED) is 0.571. The van der Waals surface area contributed by atoms with Gasteiger partial charge in [0.1, 0.15) is 0 Å². The summed E-state index contributed by atoms with van der Waals surface area (Å²) in [4.78, 5) is 0. The van der Waals surface area contributed by atoms with Crippen molar-refractivity contribution in [1.82, 2.24) is 0 Å². The summed E-state index contributed by atoms with van der Waals surface area (Å²) < 4.78 is 11.7. The second-order valence-corrected chi connectivity index (χ2v) is 6.67. The van der Waals surface area contributed by atoms with Crippen LogP contribution in [0.25, 0.3) is 0 Å². The molecule has 0 saturated carbocycles. The van der Waals surface area contributed by atoms with Gasteiger partial charge in [0.05, 0.1) is 13.2 Å². The summed E-state index contributed by atoms with van der Waals surface area (Å²) in [5, 5.41) is 0. The molecule has 0 amide bonds. The van der Waals surface area contributed by atoms with E-state index in [9.17, 15) is 0 Å². The summed E-state index contributed by atoms with van der Waals surface area (Å²) in [7, 11) is 0. The first-order chi connectivity index (χ1) is 9.02. The molecule has 0 N–H and O–H groups in total. The Morgan fingerprint density at radius 2 is 2.05 bits per heavy atom. The largest absolute Gasteiger partial charge is 0.350 e. The van der Waals surface area contributed by atoms with E-state index in [0.717, 1.165) is 12.8 Å². The molecule has 2 atom stereocenters. The number of hydrogen-bond donors (Lipinski definition) is 0. The fourth-order valence-corrected chi connectivity index (χ4v) is 3.37. The molecule has 0 aromatic rings. The molecule has 2 unspecified atom stereocenters. The van der Waals surface area contributed by atoms with E-state index in [4.69, 9.17) is 15.9 Å². The highest BCUT2D eigenvalue weighted by molar-refractivity contribution is 5.31. The van der Waals surface area contributed by atoms with E-state index in [2.05, 4.69) is 24.1 Å². The fourth-order valence-electron chi connectivity index (χ4n) is 3.37. The Morgan fingerprint density at radius 3 is 2.58 bits per heavy atom. The Morgan fingerprint density at radius 1 is 1.32 bits per heavy atom. The van der Waals surface area contributed by atoms with Crippen LogP contribution in [0.4, 0.5) is 0 Å². The molecule has 2 nitrogen and oxygen atoms in total. The van der Waals surface area contributed by atoms with Crippen LogP contribution in [0.3, 0.4) is 0 Å². The van der Waals surface area contributed by atoms with Crippen molar-refractivity contribution in [3.05, 3.63) is 23.8 Å². The molecule has 1 heterocycles. The number of hydrogen-bond acceptors (Lipinski definition) is 2. The van der Waals surface area contributed by atoms with Crippen LogP contribution in [0, 0.1) is 29.6 Å². The van der Waals surface area contributed by atoms with Crippen molar-refractivity contribution in [2.45, 2.75) is 38.9 Å². The summed E-state index contributed by atoms with van der Waals surface area (Å²) in [6, 6.07) is 0. The van der Waals surface area contributed by atoms with Crippen LogP contribution < -0.4 is 0 Å². The molecular weight excluding hydrogens is 236 g/mol. The maximum atomic E-state index is 5.86. The van der Waals surface area contributed by atoms with E-state index in [1.54, 1.807) is 0 Å². The van der Waals surface area contributed by atoms with Crippen LogP contribution >= 0.6 is 0 Å². The molecule has 3 aliphatic rings. The van der Waals surface area contributed by atoms with Gasteiger partial charge in [0.15, 0.2) is 5.79 Å². The first-order valence-electron chi connectivity index (χ1n) is 7.12. The van der Waals surface area contributed by atoms with Crippen LogP contribution in [0.1, 0.15) is 33.1 Å². The van der Waals surface area contributed by atoms with Crippen LogP contribution in [-0.4, -0.2) is 19.0 Å². The lowest BCUT2D eigenvalue weighted by Crippen LogP contribution is -2.46. The third kappa shape index (κ3) is 2.50. The average molecular weight is 258 g/mol. The van der Waals surface area contributed by atoms with Crippen LogP contribution in [0.5, 0.6) is 0 Å². The smallest absolute Gasteiger partial charge is 0.162 e. The van der Waals surface area contributed by atoms with Crippen molar-refractivity contribution in [2.75, 3.05) is 13.2 Å². The third-order valence-electron chi connectivity index (χ3n) is 4.53. The molecule has 0 aromatic heterocycles. The number of ether oxygens (including phenoxy) is 2. The Bertz CT molecular complexity index is 454. The second-order valence-electron chi connectivity index (χ2n) is 6.67. The van der Waals surface area contributed by atoms with Gasteiger partial charge in [-0.05, 0) is 38.5 Å². The van der Waals surface area contributed by atoms with Gasteiger partial charge in [-0.25, -0.2) is 0 Å². The number of rotatable bonds is 3. The molecule has 2 bridgehead atoms. The zero-order chi connectivity index (χ0) is 13.5. The summed E-state index contributed by atoms with van der Waals surface area (Å²) in [6.07, 6.45) is 15.6. The SMILES string of the molecule is C#CCC1(CC2=CC3C=CC2C3)COC(C)(C)OC1. The van der Waals surface area contributed by atoms with Gasteiger partial charge < -0.3 is 9.47 Å². The number of fused-ring (bicyclic) bond motifs is 2. The van der Waals surface area contributed by atoms with Crippen molar-refractivity contribution in [1.29, 1.82) is 0 Å². The minimum atomic E-state index is -0.471. The van der Waals surface area contributed by atoms with Crippen molar-refractivity contribution in [3.63, 3.8) is 0 Å². The summed E-state index contributed by atoms with van der Waals surface area (Å²) in [5.41, 5.74) is 1.50. The normalized spacial score (nSPS) is 34.1. The van der Waals surface area contributed by atoms with E-state index in [1.807, 2.05) is 13.8 Å². The molecule has 1 fully saturated rings. The molecule has 2 heteroatoms. The molecule has 1 aliphatic heterocycles. The second kappa shape index (κ2) is 4.51. The van der Waals surface area contributed by atoms with E-state index in [-0.39, 0.29) is 5.41 Å². The van der Waals surface area contributed by atoms with Gasteiger partial charge in [-0.1, -0.05) is 23.8 Å². The standard InChI is InChI=1S/C17H22O2/c1-4-7-17(11-18-16(2,3)19-12-17)10-15-9-13-5-6-14(15)8-13/h1,5-6,9,13-14H,7-8,10-12H2,2-3H3. The zero-order valence-electron chi connectivity index (χ0n) is 11.8. The Hall–Kier alpha value is -1.04. The molecule has 0 radical (unpaired) electrons. The molecule has 0 aromatic carbocycles. The van der Waals surface area contributed by atoms with Crippen LogP contribution in [-0.2, 0) is 9.47 Å². The average Bonchev–Trinajstić information content (AvgIpc) is 2.96.